The second-order valence-corrected chi connectivity index (χ2v) is 11.1. The molecule has 208 valence electrons. The normalized spacial score (nSPS) is 17.6. The molecular formula is C34H39N3O3. The lowest BCUT2D eigenvalue weighted by Crippen LogP contribution is -2.36. The third-order valence-electron chi connectivity index (χ3n) is 7.90. The Labute approximate surface area is 236 Å². The molecule has 4 aromatic rings. The van der Waals surface area contributed by atoms with Gasteiger partial charge in [-0.2, -0.15) is 0 Å². The summed E-state index contributed by atoms with van der Waals surface area (Å²) in [7, 11) is 2.17. The molecule has 1 aliphatic heterocycles. The number of nitrogens with zero attached hydrogens (tertiary/aromatic N) is 2. The highest BCUT2D eigenvalue weighted by atomic mass is 16.5. The van der Waals surface area contributed by atoms with Crippen LogP contribution in [0.4, 0.5) is 0 Å². The Balaban J connectivity index is 1.46. The molecule has 0 fully saturated rings. The van der Waals surface area contributed by atoms with Crippen LogP contribution in [-0.4, -0.2) is 54.0 Å². The second-order valence-electron chi connectivity index (χ2n) is 11.1. The number of ether oxygens (including phenoxy) is 1. The highest BCUT2D eigenvalue weighted by molar-refractivity contribution is 6.06. The molecule has 5 rings (SSSR count). The number of aromatic nitrogens is 1. The molecule has 1 amide bonds. The van der Waals surface area contributed by atoms with E-state index in [9.17, 15) is 9.59 Å². The van der Waals surface area contributed by atoms with Crippen molar-refractivity contribution in [3.63, 3.8) is 0 Å². The van der Waals surface area contributed by atoms with Crippen molar-refractivity contribution in [2.24, 2.45) is 0 Å². The van der Waals surface area contributed by atoms with Gasteiger partial charge in [0, 0.05) is 35.6 Å². The van der Waals surface area contributed by atoms with Gasteiger partial charge in [0.15, 0.2) is 0 Å². The first-order chi connectivity index (χ1) is 19.4. The molecule has 1 N–H and O–H groups in total. The minimum atomic E-state index is -0.268. The van der Waals surface area contributed by atoms with Crippen LogP contribution >= 0.6 is 0 Å². The number of hydrogen-bond acceptors (Lipinski definition) is 4. The number of pyridine rings is 1. The Morgan fingerprint density at radius 2 is 1.68 bits per heavy atom. The maximum absolute atomic E-state index is 14.0. The number of fused-ring (bicyclic) bond motifs is 2. The molecule has 0 spiro atoms. The Bertz CT molecular complexity index is 1530. The maximum Gasteiger partial charge on any atom is 0.254 e. The van der Waals surface area contributed by atoms with E-state index in [-0.39, 0.29) is 11.5 Å². The van der Waals surface area contributed by atoms with Crippen LogP contribution in [0.5, 0.6) is 5.75 Å². The van der Waals surface area contributed by atoms with Gasteiger partial charge in [0.1, 0.15) is 12.4 Å². The van der Waals surface area contributed by atoms with Gasteiger partial charge in [0.05, 0.1) is 12.1 Å². The quantitative estimate of drug-likeness (QED) is 0.337. The van der Waals surface area contributed by atoms with Crippen LogP contribution in [0.1, 0.15) is 57.8 Å². The van der Waals surface area contributed by atoms with Crippen LogP contribution in [0.2, 0.25) is 0 Å². The Hall–Kier alpha value is -3.90. The predicted octanol–water partition coefficient (Wildman–Crippen LogP) is 6.07. The van der Waals surface area contributed by atoms with Crippen LogP contribution in [-0.2, 0) is 6.54 Å². The Kier molecular flexibility index (Phi) is 8.66. The van der Waals surface area contributed by atoms with Gasteiger partial charge in [0.2, 0.25) is 5.56 Å². The summed E-state index contributed by atoms with van der Waals surface area (Å²) in [5.74, 6) is 1.14. The van der Waals surface area contributed by atoms with Crippen LogP contribution in [0.3, 0.4) is 0 Å². The van der Waals surface area contributed by atoms with Gasteiger partial charge in [-0.25, -0.2) is 0 Å². The summed E-state index contributed by atoms with van der Waals surface area (Å²) in [5.41, 5.74) is 5.60. The summed E-state index contributed by atoms with van der Waals surface area (Å²) >= 11 is 0. The van der Waals surface area contributed by atoms with E-state index in [0.717, 1.165) is 54.6 Å². The zero-order valence-corrected chi connectivity index (χ0v) is 23.8. The van der Waals surface area contributed by atoms with Crippen LogP contribution < -0.4 is 10.3 Å². The third-order valence-corrected chi connectivity index (χ3v) is 7.90. The number of aromatic amines is 1. The summed E-state index contributed by atoms with van der Waals surface area (Å²) in [6.45, 7) is 7.29. The number of amides is 1. The lowest BCUT2D eigenvalue weighted by atomic mass is 9.90. The minimum absolute atomic E-state index is 0.127. The first-order valence-corrected chi connectivity index (χ1v) is 14.3. The monoisotopic (exact) mass is 537 g/mol. The number of carbonyl (C=O) groups excluding carboxylic acids is 1. The third kappa shape index (κ3) is 6.62. The van der Waals surface area contributed by atoms with E-state index < -0.39 is 0 Å². The average molecular weight is 538 g/mol. The number of carbonyl (C=O) groups is 1. The van der Waals surface area contributed by atoms with Gasteiger partial charge in [0.25, 0.3) is 5.91 Å². The number of benzene rings is 3. The fourth-order valence-electron chi connectivity index (χ4n) is 5.75. The summed E-state index contributed by atoms with van der Waals surface area (Å²) in [6, 6.07) is 24.2. The van der Waals surface area contributed by atoms with Crippen LogP contribution in [0.25, 0.3) is 10.9 Å². The number of nitrogens with one attached hydrogen (secondary N) is 1. The van der Waals surface area contributed by atoms with Crippen molar-refractivity contribution in [1.29, 1.82) is 0 Å². The molecule has 40 heavy (non-hydrogen) atoms. The van der Waals surface area contributed by atoms with Gasteiger partial charge in [-0.05, 0) is 76.4 Å². The summed E-state index contributed by atoms with van der Waals surface area (Å²) in [6.07, 6.45) is 2.88. The molecule has 6 heteroatoms. The highest BCUT2D eigenvalue weighted by Crippen LogP contribution is 2.28. The molecule has 0 saturated carbocycles. The SMILES string of the molecule is Cc1ccc2c(c1)CN(C)CCC(c1ccccc1)CCCN(C(=O)c1cc(=O)[nH]c3ccc(C)cc13)CCO2. The summed E-state index contributed by atoms with van der Waals surface area (Å²) in [5, 5.41) is 0.774. The minimum Gasteiger partial charge on any atom is -0.491 e. The number of H-pyrrole nitrogens is 1. The van der Waals surface area contributed by atoms with Gasteiger partial charge in [-0.1, -0.05) is 59.7 Å². The van der Waals surface area contributed by atoms with Crippen molar-refractivity contribution < 1.29 is 9.53 Å². The summed E-state index contributed by atoms with van der Waals surface area (Å²) < 4.78 is 6.28. The summed E-state index contributed by atoms with van der Waals surface area (Å²) in [4.78, 5) is 33.6. The molecule has 1 aliphatic rings. The van der Waals surface area contributed by atoms with E-state index in [0.29, 0.717) is 36.7 Å². The molecule has 1 aromatic heterocycles. The van der Waals surface area contributed by atoms with E-state index >= 15 is 0 Å². The first kappa shape index (κ1) is 27.7. The van der Waals surface area contributed by atoms with Crippen molar-refractivity contribution in [2.75, 3.05) is 33.3 Å². The average Bonchev–Trinajstić information content (AvgIpc) is 2.94. The molecule has 0 saturated heterocycles. The Morgan fingerprint density at radius 3 is 2.50 bits per heavy atom. The van der Waals surface area contributed by atoms with E-state index in [2.05, 4.69) is 66.3 Å². The second kappa shape index (κ2) is 12.5. The van der Waals surface area contributed by atoms with Crippen LogP contribution in [0.15, 0.2) is 77.6 Å². The molecule has 6 nitrogen and oxygen atoms in total. The molecule has 0 aliphatic carbocycles. The molecule has 3 aromatic carbocycles. The smallest absolute Gasteiger partial charge is 0.254 e. The van der Waals surface area contributed by atoms with Crippen molar-refractivity contribution in [3.05, 3.63) is 111 Å². The van der Waals surface area contributed by atoms with E-state index in [1.165, 1.54) is 17.2 Å². The van der Waals surface area contributed by atoms with Crippen molar-refractivity contribution in [2.45, 2.75) is 45.6 Å². The zero-order valence-electron chi connectivity index (χ0n) is 23.8. The molecule has 0 radical (unpaired) electrons. The molecule has 0 bridgehead atoms. The number of rotatable bonds is 2. The molecule has 1 atom stereocenters. The van der Waals surface area contributed by atoms with Crippen molar-refractivity contribution in [1.82, 2.24) is 14.8 Å². The predicted molar refractivity (Wildman–Crippen MR) is 161 cm³/mol. The standard InChI is InChI=1S/C34H39N3O3/c1-24-12-14-32-28(20-24)23-36(3)17-15-27(26-8-5-4-6-9-26)10-7-16-37(18-19-40-32)34(39)30-22-33(38)35-31-13-11-25(2)21-29(30)31/h4-6,8-9,11-14,20-22,27H,7,10,15-19,23H2,1-3H3,(H,35,38). The van der Waals surface area contributed by atoms with Gasteiger partial charge in [-0.3, -0.25) is 9.59 Å². The lowest BCUT2D eigenvalue weighted by molar-refractivity contribution is 0.0726. The van der Waals surface area contributed by atoms with E-state index in [1.807, 2.05) is 36.1 Å². The fraction of sp³-hybridized carbons (Fsp3) is 0.353. The molecule has 2 heterocycles. The number of hydrogen-bond donors (Lipinski definition) is 1. The van der Waals surface area contributed by atoms with Gasteiger partial charge < -0.3 is 19.5 Å². The molecule has 1 unspecified atom stereocenters. The zero-order chi connectivity index (χ0) is 28.1. The topological polar surface area (TPSA) is 65.6 Å². The first-order valence-electron chi connectivity index (χ1n) is 14.3. The van der Waals surface area contributed by atoms with Crippen molar-refractivity contribution >= 4 is 16.8 Å². The van der Waals surface area contributed by atoms with Crippen molar-refractivity contribution in [3.8, 4) is 5.75 Å². The maximum atomic E-state index is 14.0. The van der Waals surface area contributed by atoms with E-state index in [4.69, 9.17) is 4.74 Å². The van der Waals surface area contributed by atoms with Crippen LogP contribution in [0, 0.1) is 13.8 Å². The molecular weight excluding hydrogens is 498 g/mol. The van der Waals surface area contributed by atoms with Gasteiger partial charge in [-0.15, -0.1) is 0 Å². The lowest BCUT2D eigenvalue weighted by Gasteiger charge is -2.27. The Morgan fingerprint density at radius 1 is 0.900 bits per heavy atom. The van der Waals surface area contributed by atoms with Gasteiger partial charge >= 0.3 is 0 Å². The highest BCUT2D eigenvalue weighted by Gasteiger charge is 2.22. The number of aryl methyl sites for hydroxylation is 2. The largest absolute Gasteiger partial charge is 0.491 e. The van der Waals surface area contributed by atoms with E-state index in [1.54, 1.807) is 0 Å². The fourth-order valence-corrected chi connectivity index (χ4v) is 5.75.